The number of rotatable bonds is 10. The molecule has 2 N–H and O–H groups in total. The van der Waals surface area contributed by atoms with Gasteiger partial charge in [0.25, 0.3) is 11.8 Å². The molecule has 6 rings (SSSR count). The maximum atomic E-state index is 13.6. The third kappa shape index (κ3) is 7.86. The van der Waals surface area contributed by atoms with Gasteiger partial charge in [-0.15, -0.1) is 11.8 Å². The molecular weight excluding hydrogens is 722 g/mol. The summed E-state index contributed by atoms with van der Waals surface area (Å²) in [5, 5.41) is 5.63. The molecular formula is C38H30BrN3O5S2. The van der Waals surface area contributed by atoms with Gasteiger partial charge in [0.2, 0.25) is 5.91 Å². The summed E-state index contributed by atoms with van der Waals surface area (Å²) in [6.07, 6.45) is 1.56. The molecule has 0 saturated heterocycles. The van der Waals surface area contributed by atoms with Crippen LogP contribution >= 0.6 is 39.5 Å². The van der Waals surface area contributed by atoms with E-state index in [0.29, 0.717) is 32.8 Å². The zero-order valence-electron chi connectivity index (χ0n) is 26.4. The van der Waals surface area contributed by atoms with Crippen LogP contribution in [0.4, 0.5) is 17.1 Å². The number of nitrogens with zero attached hydrogens (tertiary/aromatic N) is 1. The summed E-state index contributed by atoms with van der Waals surface area (Å²) in [5.74, 6) is 0.194. The van der Waals surface area contributed by atoms with Crippen LogP contribution in [0.3, 0.4) is 0 Å². The molecule has 1 aliphatic rings. The van der Waals surface area contributed by atoms with Crippen molar-refractivity contribution in [2.24, 2.45) is 0 Å². The van der Waals surface area contributed by atoms with Gasteiger partial charge in [0, 0.05) is 30.4 Å². The van der Waals surface area contributed by atoms with Crippen molar-refractivity contribution in [1.29, 1.82) is 0 Å². The summed E-state index contributed by atoms with van der Waals surface area (Å²) in [7, 11) is 3.05. The van der Waals surface area contributed by atoms with Gasteiger partial charge in [0.05, 0.1) is 31.3 Å². The van der Waals surface area contributed by atoms with E-state index in [0.717, 1.165) is 26.1 Å². The Morgan fingerprint density at radius 3 is 2.02 bits per heavy atom. The van der Waals surface area contributed by atoms with E-state index in [2.05, 4.69) is 26.6 Å². The molecule has 0 unspecified atom stereocenters. The van der Waals surface area contributed by atoms with Gasteiger partial charge in [0.1, 0.15) is 5.70 Å². The van der Waals surface area contributed by atoms with E-state index in [-0.39, 0.29) is 17.4 Å². The molecule has 1 heterocycles. The van der Waals surface area contributed by atoms with Gasteiger partial charge in [-0.3, -0.25) is 19.3 Å². The van der Waals surface area contributed by atoms with Crippen molar-refractivity contribution >= 4 is 80.3 Å². The fourth-order valence-corrected chi connectivity index (χ4v) is 7.34. The van der Waals surface area contributed by atoms with Crippen LogP contribution in [0.5, 0.6) is 11.5 Å². The number of methoxy groups -OCH3 is 2. The van der Waals surface area contributed by atoms with E-state index < -0.39 is 11.8 Å². The number of para-hydroxylation sites is 2. The van der Waals surface area contributed by atoms with Gasteiger partial charge >= 0.3 is 0 Å². The van der Waals surface area contributed by atoms with Crippen LogP contribution in [0.1, 0.15) is 15.9 Å². The summed E-state index contributed by atoms with van der Waals surface area (Å²) in [6, 6.07) is 35.1. The largest absolute Gasteiger partial charge is 0.493 e. The molecule has 5 aromatic rings. The highest BCUT2D eigenvalue weighted by Crippen LogP contribution is 2.48. The lowest BCUT2D eigenvalue weighted by Gasteiger charge is -2.31. The molecule has 11 heteroatoms. The molecule has 49 heavy (non-hydrogen) atoms. The lowest BCUT2D eigenvalue weighted by molar-refractivity contribution is -0.115. The number of carbonyl (C=O) groups is 3. The number of amides is 3. The molecule has 0 spiro atoms. The van der Waals surface area contributed by atoms with Crippen molar-refractivity contribution in [3.05, 3.63) is 137 Å². The molecule has 1 aliphatic heterocycles. The van der Waals surface area contributed by atoms with Gasteiger partial charge in [0.15, 0.2) is 11.5 Å². The number of nitrogens with one attached hydrogen (secondary N) is 2. The van der Waals surface area contributed by atoms with Gasteiger partial charge in [-0.2, -0.15) is 0 Å². The standard InChI is InChI=1S/C38H30BrN3O5S2/c1-46-32-21-25(28(39)22-33(32)47-2)20-29(41-37(44)24-10-4-3-5-11-24)38(45)40-26-16-18-27(19-17-26)48-23-36(43)42-30-12-6-8-14-34(30)49-35-15-9-7-13-31(35)42/h3-22H,23H2,1-2H3,(H,40,45)(H,41,44)/b29-20-. The Morgan fingerprint density at radius 1 is 0.796 bits per heavy atom. The number of thioether (sulfide) groups is 1. The maximum absolute atomic E-state index is 13.6. The van der Waals surface area contributed by atoms with Crippen LogP contribution in [-0.2, 0) is 9.59 Å². The van der Waals surface area contributed by atoms with Gasteiger partial charge in [-0.25, -0.2) is 0 Å². The Bertz CT molecular complexity index is 2010. The Hall–Kier alpha value is -4.97. The predicted molar refractivity (Wildman–Crippen MR) is 199 cm³/mol. The quantitative estimate of drug-likeness (QED) is 0.109. The number of benzene rings is 5. The molecule has 0 saturated carbocycles. The van der Waals surface area contributed by atoms with Gasteiger partial charge < -0.3 is 20.1 Å². The topological polar surface area (TPSA) is 97.0 Å². The first kappa shape index (κ1) is 33.9. The smallest absolute Gasteiger partial charge is 0.272 e. The number of carbonyl (C=O) groups excluding carboxylic acids is 3. The number of fused-ring (bicyclic) bond motifs is 2. The fraction of sp³-hybridized carbons (Fsp3) is 0.0789. The van der Waals surface area contributed by atoms with Crippen LogP contribution in [0.25, 0.3) is 6.08 Å². The predicted octanol–water partition coefficient (Wildman–Crippen LogP) is 8.80. The zero-order chi connectivity index (χ0) is 34.3. The van der Waals surface area contributed by atoms with Crippen molar-refractivity contribution in [3.8, 4) is 11.5 Å². The molecule has 5 aromatic carbocycles. The molecule has 3 amide bonds. The third-order valence-corrected chi connectivity index (χ3v) is 10.3. The SMILES string of the molecule is COc1cc(Br)c(/C=C(\NC(=O)c2ccccc2)C(=O)Nc2ccc(SCC(=O)N3c4ccccc4Sc4ccccc43)cc2)cc1OC. The summed E-state index contributed by atoms with van der Waals surface area (Å²) in [4.78, 5) is 45.1. The zero-order valence-corrected chi connectivity index (χ0v) is 29.7. The molecule has 0 atom stereocenters. The van der Waals surface area contributed by atoms with Crippen molar-refractivity contribution in [1.82, 2.24) is 5.32 Å². The lowest BCUT2D eigenvalue weighted by atomic mass is 10.1. The van der Waals surface area contributed by atoms with E-state index in [1.807, 2.05) is 66.7 Å². The van der Waals surface area contributed by atoms with Crippen LogP contribution in [0.2, 0.25) is 0 Å². The first-order valence-electron chi connectivity index (χ1n) is 15.1. The molecule has 8 nitrogen and oxygen atoms in total. The Kier molecular flexibility index (Phi) is 10.7. The van der Waals surface area contributed by atoms with E-state index in [9.17, 15) is 14.4 Å². The highest BCUT2D eigenvalue weighted by atomic mass is 79.9. The Labute approximate surface area is 301 Å². The van der Waals surface area contributed by atoms with Gasteiger partial charge in [-0.05, 0) is 84.4 Å². The minimum atomic E-state index is -0.526. The van der Waals surface area contributed by atoms with Crippen LogP contribution in [0, 0.1) is 0 Å². The normalized spacial score (nSPS) is 12.0. The summed E-state index contributed by atoms with van der Waals surface area (Å²) < 4.78 is 11.5. The highest BCUT2D eigenvalue weighted by Gasteiger charge is 2.27. The van der Waals surface area contributed by atoms with Crippen LogP contribution in [-0.4, -0.2) is 37.7 Å². The van der Waals surface area contributed by atoms with Crippen LogP contribution in [0.15, 0.2) is 140 Å². The molecule has 0 fully saturated rings. The van der Waals surface area contributed by atoms with Crippen molar-refractivity contribution < 1.29 is 23.9 Å². The second kappa shape index (κ2) is 15.5. The molecule has 0 aliphatic carbocycles. The molecule has 0 radical (unpaired) electrons. The van der Waals surface area contributed by atoms with Crippen LogP contribution < -0.4 is 25.0 Å². The van der Waals surface area contributed by atoms with E-state index in [4.69, 9.17) is 9.47 Å². The Morgan fingerprint density at radius 2 is 1.39 bits per heavy atom. The Balaban J connectivity index is 1.18. The second-order valence-corrected chi connectivity index (χ2v) is 13.6. The van der Waals surface area contributed by atoms with E-state index in [1.54, 1.807) is 71.3 Å². The monoisotopic (exact) mass is 751 g/mol. The number of hydrogen-bond donors (Lipinski definition) is 2. The average molecular weight is 753 g/mol. The van der Waals surface area contributed by atoms with Crippen molar-refractivity contribution in [3.63, 3.8) is 0 Å². The number of hydrogen-bond acceptors (Lipinski definition) is 7. The number of halogens is 1. The molecule has 0 bridgehead atoms. The first-order valence-corrected chi connectivity index (χ1v) is 17.7. The van der Waals surface area contributed by atoms with E-state index in [1.165, 1.54) is 26.0 Å². The molecule has 0 aromatic heterocycles. The lowest BCUT2D eigenvalue weighted by Crippen LogP contribution is -2.30. The average Bonchev–Trinajstić information content (AvgIpc) is 3.13. The fourth-order valence-electron chi connectivity index (χ4n) is 5.09. The highest BCUT2D eigenvalue weighted by molar-refractivity contribution is 9.10. The molecule has 246 valence electrons. The third-order valence-electron chi connectivity index (χ3n) is 7.49. The van der Waals surface area contributed by atoms with E-state index >= 15 is 0 Å². The second-order valence-electron chi connectivity index (χ2n) is 10.6. The van der Waals surface area contributed by atoms with Crippen molar-refractivity contribution in [2.45, 2.75) is 14.7 Å². The summed E-state index contributed by atoms with van der Waals surface area (Å²) in [6.45, 7) is 0. The summed E-state index contributed by atoms with van der Waals surface area (Å²) in [5.41, 5.74) is 3.27. The minimum Gasteiger partial charge on any atom is -0.493 e. The first-order chi connectivity index (χ1) is 23.8. The maximum Gasteiger partial charge on any atom is 0.272 e. The number of ether oxygens (including phenoxy) is 2. The minimum absolute atomic E-state index is 0.0195. The van der Waals surface area contributed by atoms with Crippen molar-refractivity contribution in [2.75, 3.05) is 30.2 Å². The number of anilines is 3. The summed E-state index contributed by atoms with van der Waals surface area (Å²) >= 11 is 6.60. The van der Waals surface area contributed by atoms with Gasteiger partial charge in [-0.1, -0.05) is 70.2 Å².